The molecule has 5 rings (SSSR count). The number of para-hydroxylation sites is 1. The van der Waals surface area contributed by atoms with Crippen molar-refractivity contribution in [3.63, 3.8) is 0 Å². The number of ether oxygens (including phenoxy) is 3. The monoisotopic (exact) mass is 654 g/mol. The Bertz CT molecular complexity index is 1880. The molecule has 5 aromatic carbocycles. The summed E-state index contributed by atoms with van der Waals surface area (Å²) >= 11 is 0. The second-order valence-electron chi connectivity index (χ2n) is 10.9. The lowest BCUT2D eigenvalue weighted by atomic mass is 10.00. The number of urea groups is 1. The Morgan fingerprint density at radius 1 is 0.771 bits per heavy atom. The summed E-state index contributed by atoms with van der Waals surface area (Å²) in [6, 6.07) is 33.6. The van der Waals surface area contributed by atoms with Crippen LogP contribution in [0.4, 0.5) is 29.3 Å². The highest BCUT2D eigenvalue weighted by molar-refractivity contribution is 6.01. The number of methoxy groups -OCH3 is 1. The van der Waals surface area contributed by atoms with E-state index < -0.39 is 11.7 Å². The molecule has 7 nitrogen and oxygen atoms in total. The molecule has 246 valence electrons. The summed E-state index contributed by atoms with van der Waals surface area (Å²) in [5, 5.41) is 2.89. The summed E-state index contributed by atoms with van der Waals surface area (Å²) in [6.45, 7) is -0.119. The van der Waals surface area contributed by atoms with Gasteiger partial charge in [-0.25, -0.2) is 4.79 Å². The predicted molar refractivity (Wildman–Crippen MR) is 178 cm³/mol. The Kier molecular flexibility index (Phi) is 10.6. The second-order valence-corrected chi connectivity index (χ2v) is 10.9. The Morgan fingerprint density at radius 3 is 2.29 bits per heavy atom. The van der Waals surface area contributed by atoms with Gasteiger partial charge in [0.05, 0.1) is 12.7 Å². The number of amides is 2. The standard InChI is InChI=1S/C38H33F3N2O5/c1-43(37(45)42-30-12-8-16-33(24-30)48-32-14-4-3-5-15-32)31-13-7-10-28(23-31)34-19-17-26(18-20-36(44)46-2)22-35(34)47-25-27-9-6-11-29(21-27)38(39,40)41/h3-17,19,21-24H,18,20,25H2,1-2H3,(H,42,45). The minimum atomic E-state index is -4.48. The predicted octanol–water partition coefficient (Wildman–Crippen LogP) is 9.52. The number of carbonyl (C=O) groups excluding carboxylic acids is 2. The van der Waals surface area contributed by atoms with E-state index >= 15 is 0 Å². The maximum atomic E-state index is 13.3. The first-order chi connectivity index (χ1) is 23.1. The molecule has 0 heterocycles. The zero-order valence-corrected chi connectivity index (χ0v) is 26.3. The summed E-state index contributed by atoms with van der Waals surface area (Å²) in [7, 11) is 2.95. The van der Waals surface area contributed by atoms with Gasteiger partial charge in [-0.15, -0.1) is 0 Å². The summed E-state index contributed by atoms with van der Waals surface area (Å²) in [5.74, 6) is 1.28. The molecule has 0 aliphatic heterocycles. The minimum Gasteiger partial charge on any atom is -0.488 e. The summed E-state index contributed by atoms with van der Waals surface area (Å²) in [4.78, 5) is 26.5. The van der Waals surface area contributed by atoms with Crippen LogP contribution in [0.15, 0.2) is 121 Å². The molecule has 10 heteroatoms. The fourth-order valence-corrected chi connectivity index (χ4v) is 4.90. The Balaban J connectivity index is 1.36. The number of hydrogen-bond donors (Lipinski definition) is 1. The van der Waals surface area contributed by atoms with Gasteiger partial charge in [-0.2, -0.15) is 13.2 Å². The molecule has 0 radical (unpaired) electrons. The van der Waals surface area contributed by atoms with Gasteiger partial charge in [0.2, 0.25) is 0 Å². The van der Waals surface area contributed by atoms with Crippen molar-refractivity contribution in [2.75, 3.05) is 24.4 Å². The Hall–Kier alpha value is -5.77. The van der Waals surface area contributed by atoms with Gasteiger partial charge >= 0.3 is 18.2 Å². The topological polar surface area (TPSA) is 77.1 Å². The van der Waals surface area contributed by atoms with E-state index in [-0.39, 0.29) is 25.0 Å². The van der Waals surface area contributed by atoms with Crippen molar-refractivity contribution < 1.29 is 37.0 Å². The number of rotatable bonds is 11. The minimum absolute atomic E-state index is 0.119. The maximum Gasteiger partial charge on any atom is 0.416 e. The third-order valence-electron chi connectivity index (χ3n) is 7.45. The fraction of sp³-hybridized carbons (Fsp3) is 0.158. The Morgan fingerprint density at radius 2 is 1.52 bits per heavy atom. The first-order valence-corrected chi connectivity index (χ1v) is 15.1. The molecule has 0 aliphatic rings. The number of benzene rings is 5. The number of aryl methyl sites for hydroxylation is 1. The molecule has 0 bridgehead atoms. The quantitative estimate of drug-likeness (QED) is 0.144. The van der Waals surface area contributed by atoms with Gasteiger partial charge in [0.1, 0.15) is 23.9 Å². The third-order valence-corrected chi connectivity index (χ3v) is 7.45. The molecule has 0 aromatic heterocycles. The molecule has 0 saturated carbocycles. The highest BCUT2D eigenvalue weighted by Crippen LogP contribution is 2.35. The van der Waals surface area contributed by atoms with E-state index in [9.17, 15) is 22.8 Å². The van der Waals surface area contributed by atoms with E-state index in [2.05, 4.69) is 5.32 Å². The number of halogens is 3. The number of alkyl halides is 3. The smallest absolute Gasteiger partial charge is 0.416 e. The number of nitrogens with zero attached hydrogens (tertiary/aromatic N) is 1. The van der Waals surface area contributed by atoms with E-state index in [1.165, 1.54) is 18.1 Å². The van der Waals surface area contributed by atoms with Crippen LogP contribution in [0, 0.1) is 0 Å². The summed E-state index contributed by atoms with van der Waals surface area (Å²) in [5.41, 5.74) is 2.87. The summed E-state index contributed by atoms with van der Waals surface area (Å²) in [6.07, 6.45) is -3.94. The SMILES string of the molecule is COC(=O)CCc1ccc(-c2cccc(N(C)C(=O)Nc3cccc(Oc4ccccc4)c3)c2)c(OCc2cccc(C(F)(F)F)c2)c1. The largest absolute Gasteiger partial charge is 0.488 e. The maximum absolute atomic E-state index is 13.3. The van der Waals surface area contributed by atoms with Crippen LogP contribution in [0.1, 0.15) is 23.1 Å². The van der Waals surface area contributed by atoms with Crippen LogP contribution < -0.4 is 19.7 Å². The average Bonchev–Trinajstić information content (AvgIpc) is 3.09. The lowest BCUT2D eigenvalue weighted by Crippen LogP contribution is -2.31. The highest BCUT2D eigenvalue weighted by Gasteiger charge is 2.30. The zero-order chi connectivity index (χ0) is 34.1. The van der Waals surface area contributed by atoms with E-state index in [1.807, 2.05) is 54.6 Å². The molecule has 0 spiro atoms. The molecule has 48 heavy (non-hydrogen) atoms. The molecule has 0 saturated heterocycles. The summed E-state index contributed by atoms with van der Waals surface area (Å²) < 4.78 is 56.7. The number of hydrogen-bond acceptors (Lipinski definition) is 5. The normalized spacial score (nSPS) is 11.0. The number of esters is 1. The van der Waals surface area contributed by atoms with Crippen LogP contribution in [0.2, 0.25) is 0 Å². The number of nitrogens with one attached hydrogen (secondary N) is 1. The molecule has 0 aliphatic carbocycles. The molecule has 1 N–H and O–H groups in total. The van der Waals surface area contributed by atoms with E-state index in [1.54, 1.807) is 55.6 Å². The van der Waals surface area contributed by atoms with Crippen LogP contribution in [-0.4, -0.2) is 26.2 Å². The molecule has 0 unspecified atom stereocenters. The van der Waals surface area contributed by atoms with Gasteiger partial charge in [0.15, 0.2) is 0 Å². The second kappa shape index (κ2) is 15.2. The van der Waals surface area contributed by atoms with Crippen LogP contribution in [0.3, 0.4) is 0 Å². The van der Waals surface area contributed by atoms with Crippen LogP contribution >= 0.6 is 0 Å². The van der Waals surface area contributed by atoms with Gasteiger partial charge in [0, 0.05) is 36.5 Å². The van der Waals surface area contributed by atoms with Gasteiger partial charge < -0.3 is 19.5 Å². The van der Waals surface area contributed by atoms with Gasteiger partial charge in [-0.3, -0.25) is 9.69 Å². The lowest BCUT2D eigenvalue weighted by molar-refractivity contribution is -0.140. The van der Waals surface area contributed by atoms with E-state index in [4.69, 9.17) is 14.2 Å². The highest BCUT2D eigenvalue weighted by atomic mass is 19.4. The molecular formula is C38H33F3N2O5. The van der Waals surface area contributed by atoms with Crippen molar-refractivity contribution in [2.45, 2.75) is 25.6 Å². The average molecular weight is 655 g/mol. The van der Waals surface area contributed by atoms with Crippen LogP contribution in [0.5, 0.6) is 17.2 Å². The molecular weight excluding hydrogens is 621 g/mol. The van der Waals surface area contributed by atoms with Crippen molar-refractivity contribution in [3.05, 3.63) is 138 Å². The molecule has 0 fully saturated rings. The van der Waals surface area contributed by atoms with Crippen molar-refractivity contribution in [1.82, 2.24) is 0 Å². The van der Waals surface area contributed by atoms with Crippen molar-refractivity contribution in [1.29, 1.82) is 0 Å². The third kappa shape index (κ3) is 8.94. The molecule has 0 atom stereocenters. The van der Waals surface area contributed by atoms with Crippen molar-refractivity contribution in [2.24, 2.45) is 0 Å². The van der Waals surface area contributed by atoms with E-state index in [0.29, 0.717) is 51.7 Å². The van der Waals surface area contributed by atoms with Gasteiger partial charge in [0.25, 0.3) is 0 Å². The number of carbonyl (C=O) groups is 2. The first kappa shape index (κ1) is 33.6. The molecule has 2 amide bonds. The lowest BCUT2D eigenvalue weighted by Gasteiger charge is -2.20. The Labute approximate surface area is 276 Å². The van der Waals surface area contributed by atoms with Crippen molar-refractivity contribution in [3.8, 4) is 28.4 Å². The van der Waals surface area contributed by atoms with Gasteiger partial charge in [-0.05, 0) is 77.7 Å². The van der Waals surface area contributed by atoms with Crippen LogP contribution in [0.25, 0.3) is 11.1 Å². The fourth-order valence-electron chi connectivity index (χ4n) is 4.90. The van der Waals surface area contributed by atoms with Crippen molar-refractivity contribution >= 4 is 23.4 Å². The van der Waals surface area contributed by atoms with Crippen LogP contribution in [-0.2, 0) is 28.7 Å². The number of anilines is 2. The molecule has 5 aromatic rings. The van der Waals surface area contributed by atoms with Gasteiger partial charge in [-0.1, -0.05) is 60.7 Å². The first-order valence-electron chi connectivity index (χ1n) is 15.1. The van der Waals surface area contributed by atoms with E-state index in [0.717, 1.165) is 17.7 Å². The zero-order valence-electron chi connectivity index (χ0n) is 26.3.